The smallest absolute Gasteiger partial charge is 0.275 e. The Morgan fingerprint density at radius 2 is 1.90 bits per heavy atom. The Balaban J connectivity index is 2.35. The van der Waals surface area contributed by atoms with Crippen molar-refractivity contribution in [3.8, 4) is 0 Å². The number of benzene rings is 1. The summed E-state index contributed by atoms with van der Waals surface area (Å²) < 4.78 is 23.1. The molecule has 2 rings (SSSR count). The third kappa shape index (κ3) is 3.40. The number of para-hydroxylation sites is 1. The Morgan fingerprint density at radius 3 is 2.50 bits per heavy atom. The van der Waals surface area contributed by atoms with Crippen LogP contribution in [0.4, 0.5) is 5.69 Å². The van der Waals surface area contributed by atoms with Crippen LogP contribution in [0.1, 0.15) is 10.5 Å². The van der Waals surface area contributed by atoms with E-state index in [4.69, 9.17) is 0 Å². The van der Waals surface area contributed by atoms with Crippen molar-refractivity contribution in [3.63, 3.8) is 0 Å². The highest BCUT2D eigenvalue weighted by atomic mass is 79.9. The molecule has 1 aromatic heterocycles. The molecule has 1 N–H and O–H groups in total. The summed E-state index contributed by atoms with van der Waals surface area (Å²) in [5.74, 6) is -0.518. The van der Waals surface area contributed by atoms with Gasteiger partial charge in [-0.05, 0) is 28.1 Å². The number of aromatic nitrogens is 2. The number of hydrogen-bond donors (Lipinski definition) is 1. The zero-order chi connectivity index (χ0) is 14.8. The van der Waals surface area contributed by atoms with Gasteiger partial charge in [0.1, 0.15) is 5.69 Å². The minimum atomic E-state index is -3.57. The van der Waals surface area contributed by atoms with Crippen molar-refractivity contribution in [2.75, 3.05) is 11.6 Å². The van der Waals surface area contributed by atoms with Crippen LogP contribution in [-0.4, -0.2) is 30.5 Å². The molecule has 0 bridgehead atoms. The Kier molecular flexibility index (Phi) is 4.15. The molecule has 0 saturated heterocycles. The average molecular weight is 356 g/mol. The highest BCUT2D eigenvalue weighted by Gasteiger charge is 2.18. The van der Waals surface area contributed by atoms with Crippen LogP contribution >= 0.6 is 15.9 Å². The zero-order valence-corrected chi connectivity index (χ0v) is 12.8. The van der Waals surface area contributed by atoms with Gasteiger partial charge in [-0.3, -0.25) is 4.79 Å². The molecule has 2 aromatic rings. The van der Waals surface area contributed by atoms with E-state index in [1.807, 2.05) is 6.07 Å². The summed E-state index contributed by atoms with van der Waals surface area (Å²) >= 11 is 3.13. The molecule has 0 unspecified atom stereocenters. The average Bonchev–Trinajstić information content (AvgIpc) is 2.39. The number of nitrogens with one attached hydrogen (secondary N) is 1. The van der Waals surface area contributed by atoms with Crippen molar-refractivity contribution in [2.24, 2.45) is 0 Å². The monoisotopic (exact) mass is 355 g/mol. The second-order valence-corrected chi connectivity index (χ2v) is 6.71. The van der Waals surface area contributed by atoms with Crippen molar-refractivity contribution in [2.45, 2.75) is 5.16 Å². The summed E-state index contributed by atoms with van der Waals surface area (Å²) in [5, 5.41) is 2.23. The van der Waals surface area contributed by atoms with Crippen LogP contribution in [-0.2, 0) is 9.84 Å². The van der Waals surface area contributed by atoms with Gasteiger partial charge in [-0.15, -0.1) is 0 Å². The number of amides is 1. The molecule has 0 aliphatic rings. The molecular formula is C12H10BrN3O3S. The van der Waals surface area contributed by atoms with Crippen LogP contribution in [0.5, 0.6) is 0 Å². The summed E-state index contributed by atoms with van der Waals surface area (Å²) in [6, 6.07) is 8.78. The first-order valence-electron chi connectivity index (χ1n) is 5.47. The van der Waals surface area contributed by atoms with Crippen LogP contribution in [0.15, 0.2) is 46.2 Å². The summed E-state index contributed by atoms with van der Waals surface area (Å²) in [5.41, 5.74) is 0.549. The lowest BCUT2D eigenvalue weighted by Gasteiger charge is -2.06. The molecule has 104 valence electrons. The number of sulfone groups is 1. The van der Waals surface area contributed by atoms with Gasteiger partial charge in [-0.25, -0.2) is 18.4 Å². The van der Waals surface area contributed by atoms with Gasteiger partial charge >= 0.3 is 0 Å². The maximum Gasteiger partial charge on any atom is 0.275 e. The first-order chi connectivity index (χ1) is 9.38. The topological polar surface area (TPSA) is 89.0 Å². The number of rotatable bonds is 3. The minimum Gasteiger partial charge on any atom is -0.321 e. The van der Waals surface area contributed by atoms with Crippen molar-refractivity contribution >= 4 is 37.4 Å². The Morgan fingerprint density at radius 1 is 1.25 bits per heavy atom. The van der Waals surface area contributed by atoms with Crippen LogP contribution in [0.25, 0.3) is 0 Å². The fourth-order valence-corrected chi connectivity index (χ4v) is 2.27. The Bertz CT molecular complexity index is 748. The van der Waals surface area contributed by atoms with Gasteiger partial charge in [0.15, 0.2) is 0 Å². The maximum atomic E-state index is 12.1. The third-order valence-electron chi connectivity index (χ3n) is 2.30. The molecule has 0 radical (unpaired) electrons. The molecule has 0 fully saturated rings. The fraction of sp³-hybridized carbons (Fsp3) is 0.0833. The van der Waals surface area contributed by atoms with E-state index in [9.17, 15) is 13.2 Å². The van der Waals surface area contributed by atoms with Gasteiger partial charge in [-0.1, -0.05) is 18.2 Å². The maximum absolute atomic E-state index is 12.1. The molecular weight excluding hydrogens is 346 g/mol. The predicted molar refractivity (Wildman–Crippen MR) is 77.2 cm³/mol. The predicted octanol–water partition coefficient (Wildman–Crippen LogP) is 1.89. The molecule has 0 aliphatic heterocycles. The molecule has 0 aliphatic carbocycles. The van der Waals surface area contributed by atoms with Gasteiger partial charge < -0.3 is 5.32 Å². The van der Waals surface area contributed by atoms with Crippen molar-refractivity contribution < 1.29 is 13.2 Å². The van der Waals surface area contributed by atoms with E-state index in [-0.39, 0.29) is 10.9 Å². The number of nitrogens with zero attached hydrogens (tertiary/aromatic N) is 2. The largest absolute Gasteiger partial charge is 0.321 e. The quantitative estimate of drug-likeness (QED) is 0.849. The van der Waals surface area contributed by atoms with E-state index < -0.39 is 15.7 Å². The minimum absolute atomic E-state index is 0.0377. The van der Waals surface area contributed by atoms with E-state index in [1.54, 1.807) is 24.3 Å². The summed E-state index contributed by atoms with van der Waals surface area (Å²) in [6.45, 7) is 0. The molecule has 20 heavy (non-hydrogen) atoms. The summed E-state index contributed by atoms with van der Waals surface area (Å²) in [7, 11) is -3.57. The second-order valence-electron chi connectivity index (χ2n) is 3.94. The van der Waals surface area contributed by atoms with Crippen LogP contribution in [0, 0.1) is 0 Å². The fourth-order valence-electron chi connectivity index (χ4n) is 1.40. The third-order valence-corrected chi connectivity index (χ3v) is 3.74. The summed E-state index contributed by atoms with van der Waals surface area (Å²) in [6.07, 6.45) is 2.22. The lowest BCUT2D eigenvalue weighted by Crippen LogP contribution is -2.17. The van der Waals surface area contributed by atoms with E-state index >= 15 is 0 Å². The standard InChI is InChI=1S/C12H10BrN3O3S/c1-20(18,19)12-14-7-9(13)10(16-12)11(17)15-8-5-3-2-4-6-8/h2-7H,1H3,(H,15,17). The second kappa shape index (κ2) is 5.68. The molecule has 1 amide bonds. The molecule has 1 heterocycles. The zero-order valence-electron chi connectivity index (χ0n) is 10.4. The van der Waals surface area contributed by atoms with E-state index in [0.717, 1.165) is 6.26 Å². The lowest BCUT2D eigenvalue weighted by atomic mass is 10.3. The van der Waals surface area contributed by atoms with E-state index in [0.29, 0.717) is 10.2 Å². The Hall–Kier alpha value is -1.80. The normalized spacial score (nSPS) is 11.1. The molecule has 0 atom stereocenters. The van der Waals surface area contributed by atoms with Crippen molar-refractivity contribution in [1.82, 2.24) is 9.97 Å². The first-order valence-corrected chi connectivity index (χ1v) is 8.15. The summed E-state index contributed by atoms with van der Waals surface area (Å²) in [4.78, 5) is 19.5. The number of hydrogen-bond acceptors (Lipinski definition) is 5. The van der Waals surface area contributed by atoms with Gasteiger partial charge in [-0.2, -0.15) is 0 Å². The lowest BCUT2D eigenvalue weighted by molar-refractivity contribution is 0.102. The highest BCUT2D eigenvalue weighted by Crippen LogP contribution is 2.17. The Labute approximate surface area is 124 Å². The molecule has 0 spiro atoms. The number of carbonyl (C=O) groups excluding carboxylic acids is 1. The molecule has 6 nitrogen and oxygen atoms in total. The van der Waals surface area contributed by atoms with Crippen LogP contribution in [0.3, 0.4) is 0 Å². The first kappa shape index (κ1) is 14.6. The molecule has 0 saturated carbocycles. The van der Waals surface area contributed by atoms with Crippen molar-refractivity contribution in [1.29, 1.82) is 0 Å². The molecule has 1 aromatic carbocycles. The van der Waals surface area contributed by atoms with Gasteiger partial charge in [0.05, 0.1) is 4.47 Å². The molecule has 8 heteroatoms. The van der Waals surface area contributed by atoms with E-state index in [2.05, 4.69) is 31.2 Å². The van der Waals surface area contributed by atoms with Gasteiger partial charge in [0, 0.05) is 18.1 Å². The van der Waals surface area contributed by atoms with Crippen molar-refractivity contribution in [3.05, 3.63) is 46.7 Å². The van der Waals surface area contributed by atoms with Crippen LogP contribution < -0.4 is 5.32 Å². The van der Waals surface area contributed by atoms with Gasteiger partial charge in [0.2, 0.25) is 15.0 Å². The SMILES string of the molecule is CS(=O)(=O)c1ncc(Br)c(C(=O)Nc2ccccc2)n1. The highest BCUT2D eigenvalue weighted by molar-refractivity contribution is 9.10. The number of anilines is 1. The van der Waals surface area contributed by atoms with E-state index in [1.165, 1.54) is 6.20 Å². The number of halogens is 1. The van der Waals surface area contributed by atoms with Crippen LogP contribution in [0.2, 0.25) is 0 Å². The number of carbonyl (C=O) groups is 1. The van der Waals surface area contributed by atoms with Gasteiger partial charge in [0.25, 0.3) is 5.91 Å².